The summed E-state index contributed by atoms with van der Waals surface area (Å²) >= 11 is 0. The van der Waals surface area contributed by atoms with Gasteiger partial charge in [-0.3, -0.25) is 10.1 Å². The van der Waals surface area contributed by atoms with Crippen LogP contribution in [0.25, 0.3) is 0 Å². The Balaban J connectivity index is 1.88. The first kappa shape index (κ1) is 21.2. The second kappa shape index (κ2) is 10.3. The summed E-state index contributed by atoms with van der Waals surface area (Å²) in [6, 6.07) is 13.4. The zero-order valence-electron chi connectivity index (χ0n) is 16.3. The van der Waals surface area contributed by atoms with Gasteiger partial charge in [0.1, 0.15) is 11.5 Å². The molecular formula is C20H25N3O5. The summed E-state index contributed by atoms with van der Waals surface area (Å²) in [5.41, 5.74) is 1.07. The molecule has 0 radical (unpaired) electrons. The van der Waals surface area contributed by atoms with E-state index in [2.05, 4.69) is 5.32 Å². The number of rotatable bonds is 9. The lowest BCUT2D eigenvalue weighted by Gasteiger charge is -2.18. The minimum atomic E-state index is -0.442. The molecule has 0 aliphatic heterocycles. The second-order valence-corrected chi connectivity index (χ2v) is 6.18. The molecule has 0 aliphatic rings. The molecule has 8 heteroatoms. The van der Waals surface area contributed by atoms with E-state index in [1.165, 1.54) is 17.0 Å². The van der Waals surface area contributed by atoms with Gasteiger partial charge in [0.2, 0.25) is 0 Å². The van der Waals surface area contributed by atoms with Gasteiger partial charge in [-0.2, -0.15) is 0 Å². The molecule has 2 aromatic rings. The van der Waals surface area contributed by atoms with Gasteiger partial charge in [0.15, 0.2) is 0 Å². The van der Waals surface area contributed by atoms with Gasteiger partial charge < -0.3 is 19.7 Å². The first-order chi connectivity index (χ1) is 13.4. The fourth-order valence-electron chi connectivity index (χ4n) is 2.51. The zero-order valence-corrected chi connectivity index (χ0v) is 16.3. The molecule has 0 spiro atoms. The van der Waals surface area contributed by atoms with Gasteiger partial charge in [0.25, 0.3) is 5.69 Å². The van der Waals surface area contributed by atoms with Crippen molar-refractivity contribution in [3.05, 3.63) is 64.2 Å². The predicted molar refractivity (Wildman–Crippen MR) is 106 cm³/mol. The van der Waals surface area contributed by atoms with Crippen molar-refractivity contribution in [3.63, 3.8) is 0 Å². The van der Waals surface area contributed by atoms with Crippen LogP contribution in [-0.2, 0) is 0 Å². The molecule has 0 aromatic heterocycles. The number of carbonyl (C=O) groups is 1. The fourth-order valence-corrected chi connectivity index (χ4v) is 2.51. The largest absolute Gasteiger partial charge is 0.494 e. The minimum Gasteiger partial charge on any atom is -0.494 e. The second-order valence-electron chi connectivity index (χ2n) is 6.18. The van der Waals surface area contributed by atoms with Crippen molar-refractivity contribution in [3.8, 4) is 11.5 Å². The number of amides is 1. The molecule has 0 fully saturated rings. The van der Waals surface area contributed by atoms with Crippen molar-refractivity contribution in [1.29, 1.82) is 0 Å². The number of non-ortho nitro benzene ring substituents is 1. The molecule has 1 unspecified atom stereocenters. The summed E-state index contributed by atoms with van der Waals surface area (Å²) < 4.78 is 11.0. The Bertz CT molecular complexity index is 777. The Morgan fingerprint density at radius 3 is 2.29 bits per heavy atom. The highest BCUT2D eigenvalue weighted by molar-refractivity contribution is 5.70. The van der Waals surface area contributed by atoms with E-state index in [0.717, 1.165) is 5.56 Å². The minimum absolute atomic E-state index is 0.0337. The average Bonchev–Trinajstić information content (AvgIpc) is 2.71. The first-order valence-corrected chi connectivity index (χ1v) is 9.02. The van der Waals surface area contributed by atoms with Crippen molar-refractivity contribution in [2.45, 2.75) is 19.4 Å². The zero-order chi connectivity index (χ0) is 20.5. The Kier molecular flexibility index (Phi) is 7.76. The van der Waals surface area contributed by atoms with Crippen molar-refractivity contribution in [2.75, 3.05) is 27.2 Å². The van der Waals surface area contributed by atoms with E-state index in [1.807, 2.05) is 26.1 Å². The van der Waals surface area contributed by atoms with Crippen molar-refractivity contribution >= 4 is 11.8 Å². The molecule has 0 aliphatic carbocycles. The van der Waals surface area contributed by atoms with Gasteiger partial charge in [-0.25, -0.2) is 4.79 Å². The van der Waals surface area contributed by atoms with Crippen LogP contribution in [0.3, 0.4) is 0 Å². The van der Waals surface area contributed by atoms with Crippen LogP contribution in [0.5, 0.6) is 11.5 Å². The van der Waals surface area contributed by atoms with Crippen LogP contribution < -0.4 is 14.8 Å². The predicted octanol–water partition coefficient (Wildman–Crippen LogP) is 3.77. The SMILES string of the molecule is CCN(C)C(=O)Oc1ccc(C(CCOc2ccc([N+](=O)[O-])cc2)NC)cc1. The van der Waals surface area contributed by atoms with Gasteiger partial charge in [-0.05, 0) is 43.8 Å². The Hall–Kier alpha value is -3.13. The van der Waals surface area contributed by atoms with Crippen LogP contribution in [0.15, 0.2) is 48.5 Å². The number of carbonyl (C=O) groups excluding carboxylic acids is 1. The summed E-state index contributed by atoms with van der Waals surface area (Å²) in [6.07, 6.45) is 0.308. The normalized spacial score (nSPS) is 11.5. The van der Waals surface area contributed by atoms with E-state index in [0.29, 0.717) is 31.1 Å². The van der Waals surface area contributed by atoms with Gasteiger partial charge >= 0.3 is 6.09 Å². The molecule has 8 nitrogen and oxygen atoms in total. The van der Waals surface area contributed by atoms with Crippen LogP contribution >= 0.6 is 0 Å². The lowest BCUT2D eigenvalue weighted by Crippen LogP contribution is -2.29. The molecule has 0 bridgehead atoms. The molecule has 1 amide bonds. The molecule has 0 saturated carbocycles. The fraction of sp³-hybridized carbons (Fsp3) is 0.350. The average molecular weight is 387 g/mol. The molecule has 1 N–H and O–H groups in total. The molecule has 0 heterocycles. The van der Waals surface area contributed by atoms with E-state index in [1.54, 1.807) is 31.3 Å². The van der Waals surface area contributed by atoms with Gasteiger partial charge in [-0.15, -0.1) is 0 Å². The first-order valence-electron chi connectivity index (χ1n) is 9.02. The number of nitro groups is 1. The third kappa shape index (κ3) is 5.95. The molecule has 1 atom stereocenters. The van der Waals surface area contributed by atoms with E-state index in [4.69, 9.17) is 9.47 Å². The van der Waals surface area contributed by atoms with Crippen LogP contribution in [0.4, 0.5) is 10.5 Å². The maximum Gasteiger partial charge on any atom is 0.414 e. The van der Waals surface area contributed by atoms with Crippen molar-refractivity contribution in [2.24, 2.45) is 0 Å². The number of nitrogens with zero attached hydrogens (tertiary/aromatic N) is 2. The van der Waals surface area contributed by atoms with Crippen molar-refractivity contribution in [1.82, 2.24) is 10.2 Å². The van der Waals surface area contributed by atoms with Crippen LogP contribution in [-0.4, -0.2) is 43.2 Å². The Morgan fingerprint density at radius 1 is 1.14 bits per heavy atom. The standard InChI is InChI=1S/C20H25N3O5/c1-4-22(3)20(24)28-18-9-5-15(6-10-18)19(21-2)13-14-27-17-11-7-16(8-12-17)23(25)26/h5-12,19,21H,4,13-14H2,1-3H3. The maximum atomic E-state index is 11.8. The van der Waals surface area contributed by atoms with Gasteiger partial charge in [0.05, 0.1) is 11.5 Å². The molecule has 150 valence electrons. The summed E-state index contributed by atoms with van der Waals surface area (Å²) in [5.74, 6) is 1.08. The lowest BCUT2D eigenvalue weighted by atomic mass is 10.0. The molecule has 0 saturated heterocycles. The summed E-state index contributed by atoms with van der Waals surface area (Å²) in [4.78, 5) is 23.5. The van der Waals surface area contributed by atoms with Crippen LogP contribution in [0, 0.1) is 10.1 Å². The van der Waals surface area contributed by atoms with E-state index < -0.39 is 11.0 Å². The topological polar surface area (TPSA) is 93.9 Å². The highest BCUT2D eigenvalue weighted by atomic mass is 16.6. The molecule has 28 heavy (non-hydrogen) atoms. The number of nitrogens with one attached hydrogen (secondary N) is 1. The summed E-state index contributed by atoms with van der Waals surface area (Å²) in [7, 11) is 3.54. The number of hydrogen-bond acceptors (Lipinski definition) is 6. The van der Waals surface area contributed by atoms with Crippen LogP contribution in [0.1, 0.15) is 24.9 Å². The van der Waals surface area contributed by atoms with Crippen LogP contribution in [0.2, 0.25) is 0 Å². The number of nitro benzene ring substituents is 1. The number of ether oxygens (including phenoxy) is 2. The number of hydrogen-bond donors (Lipinski definition) is 1. The summed E-state index contributed by atoms with van der Waals surface area (Å²) in [5, 5.41) is 13.9. The third-order valence-corrected chi connectivity index (χ3v) is 4.34. The molecule has 2 rings (SSSR count). The maximum absolute atomic E-state index is 11.8. The quantitative estimate of drug-likeness (QED) is 0.520. The highest BCUT2D eigenvalue weighted by Crippen LogP contribution is 2.22. The van der Waals surface area contributed by atoms with Crippen molar-refractivity contribution < 1.29 is 19.2 Å². The Labute approximate surface area is 164 Å². The Morgan fingerprint density at radius 2 is 1.75 bits per heavy atom. The molecular weight excluding hydrogens is 362 g/mol. The van der Waals surface area contributed by atoms with E-state index >= 15 is 0 Å². The van der Waals surface area contributed by atoms with E-state index in [9.17, 15) is 14.9 Å². The third-order valence-electron chi connectivity index (χ3n) is 4.34. The highest BCUT2D eigenvalue weighted by Gasteiger charge is 2.12. The lowest BCUT2D eigenvalue weighted by molar-refractivity contribution is -0.384. The van der Waals surface area contributed by atoms with E-state index in [-0.39, 0.29) is 11.7 Å². The molecule has 2 aromatic carbocycles. The van der Waals surface area contributed by atoms with Gasteiger partial charge in [0, 0.05) is 38.2 Å². The monoisotopic (exact) mass is 387 g/mol. The van der Waals surface area contributed by atoms with Gasteiger partial charge in [-0.1, -0.05) is 12.1 Å². The number of benzene rings is 2. The summed E-state index contributed by atoms with van der Waals surface area (Å²) in [6.45, 7) is 2.90. The smallest absolute Gasteiger partial charge is 0.414 e.